The van der Waals surface area contributed by atoms with E-state index < -0.39 is 0 Å². The van der Waals surface area contributed by atoms with E-state index in [1.807, 2.05) is 24.5 Å². The maximum atomic E-state index is 13.7. The van der Waals surface area contributed by atoms with Gasteiger partial charge >= 0.3 is 0 Å². The summed E-state index contributed by atoms with van der Waals surface area (Å²) >= 11 is 0. The minimum atomic E-state index is -0.222. The van der Waals surface area contributed by atoms with Gasteiger partial charge in [0.1, 0.15) is 5.82 Å². The Kier molecular flexibility index (Phi) is 7.30. The summed E-state index contributed by atoms with van der Waals surface area (Å²) in [5, 5.41) is 16.4. The molecular weight excluding hydrogens is 488 g/mol. The van der Waals surface area contributed by atoms with Crippen molar-refractivity contribution in [3.8, 4) is 11.1 Å². The number of likely N-dealkylation sites (tertiary alicyclic amines) is 1. The lowest BCUT2D eigenvalue weighted by Gasteiger charge is -2.30. The molecule has 1 aromatic carbocycles. The van der Waals surface area contributed by atoms with Crippen LogP contribution in [0.4, 0.5) is 17.2 Å². The lowest BCUT2D eigenvalue weighted by Crippen LogP contribution is -2.36. The van der Waals surface area contributed by atoms with Crippen LogP contribution in [0.3, 0.4) is 0 Å². The summed E-state index contributed by atoms with van der Waals surface area (Å²) in [4.78, 5) is 27.4. The SMILES string of the molecule is CCC1=C(C(=O)Nc2ccc(N3CCC(O)CC3)nc2)c2cc(-c3cncc(CN4CCC4)c3)ccc2NC1. The maximum Gasteiger partial charge on any atom is 0.256 e. The highest BCUT2D eigenvalue weighted by atomic mass is 16.3. The number of hydrogen-bond acceptors (Lipinski definition) is 7. The van der Waals surface area contributed by atoms with Crippen molar-refractivity contribution in [2.75, 3.05) is 48.3 Å². The standard InChI is InChI=1S/C31H36N6O2/c1-2-22-18-33-28-6-4-23(24-14-21(16-32-17-24)20-36-10-3-11-36)15-27(28)30(22)31(39)35-25-5-7-29(34-19-25)37-12-8-26(38)9-13-37/h4-7,14-17,19,26,33,38H,2-3,8-13,18,20H2,1H3,(H,35,39). The molecule has 0 unspecified atom stereocenters. The third kappa shape index (κ3) is 5.53. The molecule has 8 heteroatoms. The van der Waals surface area contributed by atoms with Crippen LogP contribution in [0, 0.1) is 0 Å². The number of carbonyl (C=O) groups is 1. The number of rotatable bonds is 7. The second-order valence-electron chi connectivity index (χ2n) is 10.7. The van der Waals surface area contributed by atoms with E-state index in [9.17, 15) is 9.90 Å². The Labute approximate surface area is 229 Å². The number of hydrogen-bond donors (Lipinski definition) is 3. The Morgan fingerprint density at radius 1 is 1.05 bits per heavy atom. The lowest BCUT2D eigenvalue weighted by molar-refractivity contribution is -0.111. The van der Waals surface area contributed by atoms with Crippen molar-refractivity contribution in [3.63, 3.8) is 0 Å². The molecule has 2 saturated heterocycles. The summed E-state index contributed by atoms with van der Waals surface area (Å²) in [5.41, 5.74) is 7.68. The average molecular weight is 525 g/mol. The molecule has 202 valence electrons. The van der Waals surface area contributed by atoms with Crippen molar-refractivity contribution < 1.29 is 9.90 Å². The van der Waals surface area contributed by atoms with Gasteiger partial charge in [-0.05, 0) is 85.8 Å². The number of carbonyl (C=O) groups excluding carboxylic acids is 1. The number of anilines is 3. The first-order valence-electron chi connectivity index (χ1n) is 14.0. The summed E-state index contributed by atoms with van der Waals surface area (Å²) in [6.07, 6.45) is 8.90. The molecule has 6 rings (SSSR count). The molecule has 3 aliphatic heterocycles. The van der Waals surface area contributed by atoms with Gasteiger partial charge in [-0.15, -0.1) is 0 Å². The number of aromatic nitrogens is 2. The number of pyridine rings is 2. The van der Waals surface area contributed by atoms with Crippen molar-refractivity contribution in [2.24, 2.45) is 0 Å². The Balaban J connectivity index is 1.23. The number of nitrogens with one attached hydrogen (secondary N) is 2. The molecular formula is C31H36N6O2. The van der Waals surface area contributed by atoms with Crippen molar-refractivity contribution in [1.82, 2.24) is 14.9 Å². The Morgan fingerprint density at radius 3 is 2.62 bits per heavy atom. The number of amides is 1. The van der Waals surface area contributed by atoms with E-state index in [-0.39, 0.29) is 12.0 Å². The van der Waals surface area contributed by atoms with Crippen LogP contribution in [-0.2, 0) is 11.3 Å². The van der Waals surface area contributed by atoms with Gasteiger partial charge in [0.2, 0.25) is 0 Å². The second kappa shape index (κ2) is 11.2. The highest BCUT2D eigenvalue weighted by molar-refractivity contribution is 6.28. The molecule has 0 aliphatic carbocycles. The van der Waals surface area contributed by atoms with Gasteiger partial charge in [0.15, 0.2) is 0 Å². The van der Waals surface area contributed by atoms with E-state index in [2.05, 4.69) is 61.6 Å². The number of aliphatic hydroxyl groups is 1. The van der Waals surface area contributed by atoms with E-state index in [1.165, 1.54) is 12.0 Å². The van der Waals surface area contributed by atoms with Crippen LogP contribution < -0.4 is 15.5 Å². The summed E-state index contributed by atoms with van der Waals surface area (Å²) in [6.45, 7) is 7.54. The van der Waals surface area contributed by atoms with E-state index in [0.717, 1.165) is 91.3 Å². The molecule has 0 saturated carbocycles. The van der Waals surface area contributed by atoms with Gasteiger partial charge in [0.25, 0.3) is 5.91 Å². The quantitative estimate of drug-likeness (QED) is 0.418. The molecule has 8 nitrogen and oxygen atoms in total. The highest BCUT2D eigenvalue weighted by Crippen LogP contribution is 2.36. The predicted molar refractivity (Wildman–Crippen MR) is 156 cm³/mol. The molecule has 2 fully saturated rings. The summed E-state index contributed by atoms with van der Waals surface area (Å²) in [5.74, 6) is 0.752. The second-order valence-corrected chi connectivity index (χ2v) is 10.7. The number of fused-ring (bicyclic) bond motifs is 1. The minimum absolute atomic E-state index is 0.118. The van der Waals surface area contributed by atoms with Gasteiger partial charge in [-0.25, -0.2) is 4.98 Å². The number of aliphatic hydroxyl groups excluding tert-OH is 1. The molecule has 3 aliphatic rings. The van der Waals surface area contributed by atoms with Crippen LogP contribution in [0.25, 0.3) is 16.7 Å². The molecule has 0 bridgehead atoms. The van der Waals surface area contributed by atoms with Crippen molar-refractivity contribution >= 4 is 28.7 Å². The van der Waals surface area contributed by atoms with Gasteiger partial charge in [-0.1, -0.05) is 13.0 Å². The van der Waals surface area contributed by atoms with Gasteiger partial charge in [0.05, 0.1) is 18.0 Å². The summed E-state index contributed by atoms with van der Waals surface area (Å²) in [7, 11) is 0. The number of piperidine rings is 1. The van der Waals surface area contributed by atoms with Gasteiger partial charge in [-0.2, -0.15) is 0 Å². The molecule has 39 heavy (non-hydrogen) atoms. The molecule has 3 aromatic rings. The maximum absolute atomic E-state index is 13.7. The first kappa shape index (κ1) is 25.5. The molecule has 0 radical (unpaired) electrons. The Bertz CT molecular complexity index is 1370. The molecule has 2 aromatic heterocycles. The third-order valence-electron chi connectivity index (χ3n) is 8.07. The Morgan fingerprint density at radius 2 is 1.90 bits per heavy atom. The fraction of sp³-hybridized carbons (Fsp3) is 0.387. The zero-order chi connectivity index (χ0) is 26.8. The largest absolute Gasteiger partial charge is 0.393 e. The van der Waals surface area contributed by atoms with E-state index in [0.29, 0.717) is 12.2 Å². The molecule has 5 heterocycles. The molecule has 0 spiro atoms. The Hall–Kier alpha value is -3.75. The van der Waals surface area contributed by atoms with Crippen LogP contribution in [0.5, 0.6) is 0 Å². The smallest absolute Gasteiger partial charge is 0.256 e. The van der Waals surface area contributed by atoms with E-state index >= 15 is 0 Å². The first-order chi connectivity index (χ1) is 19.1. The lowest BCUT2D eigenvalue weighted by atomic mass is 9.90. The molecule has 0 atom stereocenters. The predicted octanol–water partition coefficient (Wildman–Crippen LogP) is 4.54. The monoisotopic (exact) mass is 524 g/mol. The number of benzene rings is 1. The summed E-state index contributed by atoms with van der Waals surface area (Å²) in [6, 6.07) is 12.3. The van der Waals surface area contributed by atoms with Crippen LogP contribution in [0.15, 0.2) is 60.6 Å². The topological polar surface area (TPSA) is 93.6 Å². The van der Waals surface area contributed by atoms with Crippen LogP contribution in [0.1, 0.15) is 43.7 Å². The summed E-state index contributed by atoms with van der Waals surface area (Å²) < 4.78 is 0. The number of nitrogens with zero attached hydrogens (tertiary/aromatic N) is 4. The molecule has 1 amide bonds. The zero-order valence-corrected chi connectivity index (χ0v) is 22.5. The van der Waals surface area contributed by atoms with Crippen molar-refractivity contribution in [1.29, 1.82) is 0 Å². The zero-order valence-electron chi connectivity index (χ0n) is 22.5. The highest BCUT2D eigenvalue weighted by Gasteiger charge is 2.25. The third-order valence-corrected chi connectivity index (χ3v) is 8.07. The first-order valence-corrected chi connectivity index (χ1v) is 14.0. The van der Waals surface area contributed by atoms with Crippen LogP contribution in [-0.4, -0.2) is 64.7 Å². The fourth-order valence-corrected chi connectivity index (χ4v) is 5.62. The molecule has 3 N–H and O–H groups in total. The van der Waals surface area contributed by atoms with Crippen molar-refractivity contribution in [3.05, 3.63) is 71.7 Å². The van der Waals surface area contributed by atoms with Gasteiger partial charge in [0, 0.05) is 61.0 Å². The van der Waals surface area contributed by atoms with Gasteiger partial charge < -0.3 is 20.6 Å². The fourth-order valence-electron chi connectivity index (χ4n) is 5.62. The van der Waals surface area contributed by atoms with Crippen LogP contribution >= 0.6 is 0 Å². The normalized spacial score (nSPS) is 17.8. The van der Waals surface area contributed by atoms with Crippen molar-refractivity contribution in [2.45, 2.75) is 45.3 Å². The average Bonchev–Trinajstić information content (AvgIpc) is 2.95. The van der Waals surface area contributed by atoms with Gasteiger partial charge in [-0.3, -0.25) is 14.7 Å². The van der Waals surface area contributed by atoms with E-state index in [1.54, 1.807) is 6.20 Å². The minimum Gasteiger partial charge on any atom is -0.393 e. The van der Waals surface area contributed by atoms with E-state index in [4.69, 9.17) is 0 Å². The van der Waals surface area contributed by atoms with Crippen LogP contribution in [0.2, 0.25) is 0 Å².